The second-order valence-corrected chi connectivity index (χ2v) is 31.0. The van der Waals surface area contributed by atoms with Crippen molar-refractivity contribution < 1.29 is 18.6 Å². The molecule has 0 unspecified atom stereocenters. The van der Waals surface area contributed by atoms with Crippen molar-refractivity contribution in [2.24, 2.45) is 0 Å². The van der Waals surface area contributed by atoms with Crippen LogP contribution in [0.4, 0.5) is 0 Å². The summed E-state index contributed by atoms with van der Waals surface area (Å²) in [7, 11) is 12.6. The van der Waals surface area contributed by atoms with Gasteiger partial charge in [0, 0.05) is 0 Å². The van der Waals surface area contributed by atoms with Gasteiger partial charge < -0.3 is 0 Å². The standard InChI is InChI=1S/C29H41.C13H8Br2.C5H5.2ClH.Hf/c1-26(2,3)22-14-18-13-19-15-23(27(4,5)6)25(29(10,11)12)17-21(19)20(18)16-24(22)28(7,8)9;14-12-5-1-10(2-6-12)9-11-3-7-13(15)8-4-11;1-2-4-5-3-1;;;/h13-17H,1-12H3;1-8H;1-5H;2*1H;/q-1;;-1;;;+2/p-2. The number of halogens is 4. The van der Waals surface area contributed by atoms with Gasteiger partial charge in [0.15, 0.2) is 0 Å². The molecule has 0 saturated heterocycles. The third kappa shape index (κ3) is 11.0. The van der Waals surface area contributed by atoms with E-state index in [9.17, 15) is 0 Å². The topological polar surface area (TPSA) is 0 Å². The van der Waals surface area contributed by atoms with Crippen molar-refractivity contribution in [3.05, 3.63) is 152 Å². The molecule has 5 heteroatoms. The van der Waals surface area contributed by atoms with Crippen LogP contribution in [0, 0.1) is 0 Å². The molecule has 52 heavy (non-hydrogen) atoms. The summed E-state index contributed by atoms with van der Waals surface area (Å²) >= 11 is 4.19. The summed E-state index contributed by atoms with van der Waals surface area (Å²) in [5.74, 6) is 0. The molecule has 6 aromatic carbocycles. The summed E-state index contributed by atoms with van der Waals surface area (Å²) in [5, 5.41) is 5.57. The van der Waals surface area contributed by atoms with Gasteiger partial charge in [0.05, 0.1) is 0 Å². The molecular formula is C47H54Br2Cl2Hf-2. The summed E-state index contributed by atoms with van der Waals surface area (Å²) in [6.07, 6.45) is 0. The second-order valence-electron chi connectivity index (χ2n) is 17.7. The minimum absolute atomic E-state index is 0.124. The van der Waals surface area contributed by atoms with Crippen LogP contribution < -0.4 is 0 Å². The smallest absolute Gasteiger partial charge is 0.172 e. The Labute approximate surface area is 345 Å². The number of fused-ring (bicyclic) bond motifs is 3. The van der Waals surface area contributed by atoms with Gasteiger partial charge >= 0.3 is 139 Å². The summed E-state index contributed by atoms with van der Waals surface area (Å²) in [6, 6.07) is 38.6. The molecule has 6 aromatic rings. The largest absolute Gasteiger partial charge is 0.214 e. The van der Waals surface area contributed by atoms with E-state index in [-0.39, 0.29) is 21.7 Å². The Kier molecular flexibility index (Phi) is 14.1. The maximum absolute atomic E-state index is 6.31. The molecule has 0 fully saturated rings. The molecule has 0 aromatic heterocycles. The molecule has 0 aliphatic carbocycles. The molecule has 0 saturated carbocycles. The van der Waals surface area contributed by atoms with Gasteiger partial charge in [-0.05, 0) is 21.7 Å². The van der Waals surface area contributed by atoms with Gasteiger partial charge in [-0.25, -0.2) is 12.1 Å². The van der Waals surface area contributed by atoms with E-state index in [1.165, 1.54) is 43.8 Å². The Balaban J connectivity index is 0.000000221. The summed E-state index contributed by atoms with van der Waals surface area (Å²) in [6.45, 7) is 28.0. The predicted molar refractivity (Wildman–Crippen MR) is 237 cm³/mol. The first-order valence-electron chi connectivity index (χ1n) is 18.0. The van der Waals surface area contributed by atoms with Crippen molar-refractivity contribution in [2.45, 2.75) is 105 Å². The molecule has 0 N–H and O–H groups in total. The van der Waals surface area contributed by atoms with E-state index >= 15 is 0 Å². The second kappa shape index (κ2) is 17.0. The zero-order valence-electron chi connectivity index (χ0n) is 32.9. The summed E-state index contributed by atoms with van der Waals surface area (Å²) in [5.41, 5.74) is 8.64. The Morgan fingerprint density at radius 3 is 1.06 bits per heavy atom. The summed E-state index contributed by atoms with van der Waals surface area (Å²) in [4.78, 5) is 0. The Morgan fingerprint density at radius 1 is 0.500 bits per heavy atom. The summed E-state index contributed by atoms with van der Waals surface area (Å²) < 4.78 is 3.23. The van der Waals surface area contributed by atoms with E-state index < -0.39 is 18.6 Å². The molecule has 276 valence electrons. The molecule has 0 nitrogen and oxygen atoms in total. The first-order valence-corrected chi connectivity index (χ1v) is 30.2. The van der Waals surface area contributed by atoms with E-state index in [1.54, 1.807) is 0 Å². The van der Waals surface area contributed by atoms with Crippen molar-refractivity contribution in [1.29, 1.82) is 0 Å². The molecule has 0 aliphatic heterocycles. The molecule has 0 aliphatic rings. The van der Waals surface area contributed by atoms with Crippen molar-refractivity contribution in [1.82, 2.24) is 0 Å². The molecule has 0 heterocycles. The molecular weight excluding hydrogens is 974 g/mol. The van der Waals surface area contributed by atoms with Crippen LogP contribution in [-0.4, -0.2) is 3.26 Å². The first kappa shape index (κ1) is 43.1. The quantitative estimate of drug-likeness (QED) is 0.120. The van der Waals surface area contributed by atoms with Gasteiger partial charge in [0.25, 0.3) is 0 Å². The molecule has 0 bridgehead atoms. The molecule has 0 spiro atoms. The number of hydrogen-bond acceptors (Lipinski definition) is 0. The third-order valence-electron chi connectivity index (χ3n) is 9.22. The molecule has 0 atom stereocenters. The Bertz CT molecular complexity index is 1970. The van der Waals surface area contributed by atoms with Gasteiger partial charge in [-0.15, -0.1) is 39.7 Å². The normalized spacial score (nSPS) is 12.2. The first-order chi connectivity index (χ1) is 24.0. The van der Waals surface area contributed by atoms with Crippen LogP contribution >= 0.6 is 49.0 Å². The number of hydrogen-bond donors (Lipinski definition) is 0. The number of rotatable bonds is 2. The van der Waals surface area contributed by atoms with Crippen LogP contribution in [0.1, 0.15) is 116 Å². The van der Waals surface area contributed by atoms with E-state index in [0.717, 1.165) is 23.3 Å². The fraction of sp³-hybridized carbons (Fsp3) is 0.340. The van der Waals surface area contributed by atoms with E-state index in [1.807, 2.05) is 54.6 Å². The van der Waals surface area contributed by atoms with Crippen LogP contribution in [0.3, 0.4) is 0 Å². The maximum Gasteiger partial charge on any atom is -0.172 e. The van der Waals surface area contributed by atoms with Crippen molar-refractivity contribution in [3.63, 3.8) is 0 Å². The third-order valence-corrected chi connectivity index (χ3v) is 16.8. The van der Waals surface area contributed by atoms with Gasteiger partial charge in [0.1, 0.15) is 0 Å². The SMILES string of the molecule is CC(C)(C)c1cc2[cH-]c3cc(C(C)(C)C)c(C(C)(C)C)cc3c2cc1C(C)(C)C.[Cl][Hf]([Cl])=[C](c1ccc(Br)cc1)c1ccc(Br)cc1.c1cc[cH-]c1. The minimum Gasteiger partial charge on any atom is -0.214 e. The fourth-order valence-corrected chi connectivity index (χ4v) is 13.4. The predicted octanol–water partition coefficient (Wildman–Crippen LogP) is 16.0. The molecule has 0 amide bonds. The monoisotopic (exact) mass is 1030 g/mol. The van der Waals surface area contributed by atoms with Crippen molar-refractivity contribution in [3.8, 4) is 0 Å². The average molecular weight is 1030 g/mol. The molecule has 6 rings (SSSR count). The van der Waals surface area contributed by atoms with E-state index in [4.69, 9.17) is 17.2 Å². The van der Waals surface area contributed by atoms with Crippen molar-refractivity contribution in [2.75, 3.05) is 0 Å². The molecule has 0 radical (unpaired) electrons. The van der Waals surface area contributed by atoms with Crippen LogP contribution in [-0.2, 0) is 40.2 Å². The number of benzene rings is 4. The van der Waals surface area contributed by atoms with Crippen molar-refractivity contribution >= 4 is 73.8 Å². The van der Waals surface area contributed by atoms with Gasteiger partial charge in [-0.2, -0.15) is 18.2 Å². The average Bonchev–Trinajstić information content (AvgIpc) is 3.72. The van der Waals surface area contributed by atoms with Gasteiger partial charge in [-0.3, -0.25) is 0 Å². The van der Waals surface area contributed by atoms with Gasteiger partial charge in [-0.1, -0.05) is 117 Å². The van der Waals surface area contributed by atoms with E-state index in [0.29, 0.717) is 0 Å². The van der Waals surface area contributed by atoms with Crippen LogP contribution in [0.2, 0.25) is 0 Å². The minimum atomic E-state index is -2.67. The Hall–Kier alpha value is -1.62. The fourth-order valence-electron chi connectivity index (χ4n) is 6.53. The van der Waals surface area contributed by atoms with Crippen LogP contribution in [0.15, 0.2) is 118 Å². The maximum atomic E-state index is 6.31. The zero-order chi connectivity index (χ0) is 38.8. The van der Waals surface area contributed by atoms with Gasteiger partial charge in [0.2, 0.25) is 0 Å². The van der Waals surface area contributed by atoms with E-state index in [2.05, 4.69) is 170 Å². The van der Waals surface area contributed by atoms with Crippen LogP contribution in [0.5, 0.6) is 0 Å². The zero-order valence-corrected chi connectivity index (χ0v) is 41.2. The Morgan fingerprint density at radius 2 is 0.808 bits per heavy atom. The van der Waals surface area contributed by atoms with Crippen LogP contribution in [0.25, 0.3) is 21.5 Å².